The Kier molecular flexibility index (Phi) is 5.01. The second-order valence-corrected chi connectivity index (χ2v) is 5.41. The first-order valence-electron chi connectivity index (χ1n) is 7.44. The Balaban J connectivity index is 2.01. The maximum absolute atomic E-state index is 11.8. The van der Waals surface area contributed by atoms with E-state index in [4.69, 9.17) is 10.5 Å². The number of ether oxygens (including phenoxy) is 1. The van der Waals surface area contributed by atoms with E-state index in [-0.39, 0.29) is 11.9 Å². The molecule has 0 saturated carbocycles. The summed E-state index contributed by atoms with van der Waals surface area (Å²) in [7, 11) is 0. The minimum absolute atomic E-state index is 0.0683. The van der Waals surface area contributed by atoms with E-state index in [1.54, 1.807) is 6.92 Å². The van der Waals surface area contributed by atoms with Crippen molar-refractivity contribution in [1.29, 1.82) is 0 Å². The van der Waals surface area contributed by atoms with Gasteiger partial charge in [0.2, 0.25) is 0 Å². The Hall–Kier alpha value is -1.55. The topological polar surface area (TPSA) is 64.3 Å². The Labute approximate surface area is 120 Å². The number of nitrogens with one attached hydrogen (secondary N) is 1. The van der Waals surface area contributed by atoms with Gasteiger partial charge in [-0.2, -0.15) is 0 Å². The van der Waals surface area contributed by atoms with Crippen LogP contribution in [0, 0.1) is 0 Å². The minimum Gasteiger partial charge on any atom is -0.481 e. The van der Waals surface area contributed by atoms with Gasteiger partial charge >= 0.3 is 0 Å². The first-order chi connectivity index (χ1) is 9.61. The quantitative estimate of drug-likeness (QED) is 0.867. The van der Waals surface area contributed by atoms with Gasteiger partial charge in [0.1, 0.15) is 5.75 Å². The highest BCUT2D eigenvalue weighted by Crippen LogP contribution is 2.30. The van der Waals surface area contributed by atoms with E-state index in [2.05, 4.69) is 5.32 Å². The van der Waals surface area contributed by atoms with Crippen molar-refractivity contribution in [3.05, 3.63) is 29.3 Å². The average Bonchev–Trinajstić information content (AvgIpc) is 2.44. The molecule has 2 unspecified atom stereocenters. The molecule has 0 aromatic heterocycles. The van der Waals surface area contributed by atoms with Gasteiger partial charge in [-0.25, -0.2) is 0 Å². The molecule has 0 spiro atoms. The maximum Gasteiger partial charge on any atom is 0.260 e. The molecule has 110 valence electrons. The van der Waals surface area contributed by atoms with Crippen LogP contribution in [-0.2, 0) is 11.2 Å². The molecular formula is C16H24N2O2. The molecule has 0 aliphatic heterocycles. The Bertz CT molecular complexity index is 474. The molecule has 4 nitrogen and oxygen atoms in total. The summed E-state index contributed by atoms with van der Waals surface area (Å²) < 4.78 is 5.72. The number of carbonyl (C=O) groups excluding carboxylic acids is 1. The van der Waals surface area contributed by atoms with Gasteiger partial charge in [0, 0.05) is 12.6 Å². The maximum atomic E-state index is 11.8. The number of fused-ring (bicyclic) bond motifs is 1. The summed E-state index contributed by atoms with van der Waals surface area (Å²) in [6, 6.07) is 6.11. The van der Waals surface area contributed by atoms with Crippen LogP contribution < -0.4 is 15.8 Å². The van der Waals surface area contributed by atoms with Gasteiger partial charge in [-0.3, -0.25) is 4.79 Å². The zero-order valence-electron chi connectivity index (χ0n) is 12.3. The predicted octanol–water partition coefficient (Wildman–Crippen LogP) is 2.32. The lowest BCUT2D eigenvalue weighted by atomic mass is 9.88. The van der Waals surface area contributed by atoms with Crippen LogP contribution in [0.3, 0.4) is 0 Å². The fourth-order valence-corrected chi connectivity index (χ4v) is 2.55. The molecule has 3 N–H and O–H groups in total. The van der Waals surface area contributed by atoms with Gasteiger partial charge in [-0.05, 0) is 55.9 Å². The lowest BCUT2D eigenvalue weighted by Crippen LogP contribution is -2.36. The molecule has 2 atom stereocenters. The van der Waals surface area contributed by atoms with Crippen molar-refractivity contribution in [2.24, 2.45) is 5.73 Å². The number of carbonyl (C=O) groups is 1. The Morgan fingerprint density at radius 1 is 1.55 bits per heavy atom. The van der Waals surface area contributed by atoms with Gasteiger partial charge in [0.25, 0.3) is 5.91 Å². The minimum atomic E-state index is -0.475. The SMILES string of the molecule is CCCNC(=O)C(C)Oc1ccc2c(c1)CCCC2N. The van der Waals surface area contributed by atoms with Crippen LogP contribution in [-0.4, -0.2) is 18.6 Å². The highest BCUT2D eigenvalue weighted by molar-refractivity contribution is 5.80. The van der Waals surface area contributed by atoms with E-state index in [0.29, 0.717) is 6.54 Å². The number of hydrogen-bond acceptors (Lipinski definition) is 3. The first kappa shape index (κ1) is 14.9. The zero-order valence-corrected chi connectivity index (χ0v) is 12.3. The van der Waals surface area contributed by atoms with Crippen molar-refractivity contribution >= 4 is 5.91 Å². The third-order valence-electron chi connectivity index (χ3n) is 3.71. The fraction of sp³-hybridized carbons (Fsp3) is 0.562. The van der Waals surface area contributed by atoms with Crippen LogP contribution in [0.25, 0.3) is 0 Å². The molecular weight excluding hydrogens is 252 g/mol. The second kappa shape index (κ2) is 6.75. The van der Waals surface area contributed by atoms with Crippen LogP contribution >= 0.6 is 0 Å². The highest BCUT2D eigenvalue weighted by atomic mass is 16.5. The molecule has 4 heteroatoms. The number of nitrogens with two attached hydrogens (primary N) is 1. The molecule has 1 amide bonds. The summed E-state index contributed by atoms with van der Waals surface area (Å²) >= 11 is 0. The lowest BCUT2D eigenvalue weighted by molar-refractivity contribution is -0.127. The molecule has 2 rings (SSSR count). The van der Waals surface area contributed by atoms with Crippen molar-refractivity contribution in [2.75, 3.05) is 6.54 Å². The standard InChI is InChI=1S/C16H24N2O2/c1-3-9-18-16(19)11(2)20-13-7-8-14-12(10-13)5-4-6-15(14)17/h7-8,10-11,15H,3-6,9,17H2,1-2H3,(H,18,19). The number of hydrogen-bond donors (Lipinski definition) is 2. The van der Waals surface area contributed by atoms with Crippen molar-refractivity contribution in [2.45, 2.75) is 51.7 Å². The summed E-state index contributed by atoms with van der Waals surface area (Å²) in [4.78, 5) is 11.8. The normalized spacial score (nSPS) is 19.1. The van der Waals surface area contributed by atoms with Crippen molar-refractivity contribution in [1.82, 2.24) is 5.32 Å². The van der Waals surface area contributed by atoms with Gasteiger partial charge < -0.3 is 15.8 Å². The van der Waals surface area contributed by atoms with E-state index < -0.39 is 6.10 Å². The molecule has 0 radical (unpaired) electrons. The molecule has 1 aliphatic carbocycles. The molecule has 1 aromatic rings. The van der Waals surface area contributed by atoms with Crippen LogP contribution in [0.15, 0.2) is 18.2 Å². The molecule has 0 fully saturated rings. The van der Waals surface area contributed by atoms with E-state index in [9.17, 15) is 4.79 Å². The zero-order chi connectivity index (χ0) is 14.5. The van der Waals surface area contributed by atoms with E-state index in [0.717, 1.165) is 31.4 Å². The Morgan fingerprint density at radius 3 is 3.10 bits per heavy atom. The predicted molar refractivity (Wildman–Crippen MR) is 79.7 cm³/mol. The summed E-state index contributed by atoms with van der Waals surface area (Å²) in [5.41, 5.74) is 8.56. The van der Waals surface area contributed by atoms with Crippen molar-refractivity contribution in [3.8, 4) is 5.75 Å². The summed E-state index contributed by atoms with van der Waals surface area (Å²) in [6.45, 7) is 4.49. The molecule has 1 aliphatic rings. The monoisotopic (exact) mass is 276 g/mol. The average molecular weight is 276 g/mol. The summed E-state index contributed by atoms with van der Waals surface area (Å²) in [5, 5.41) is 2.84. The fourth-order valence-electron chi connectivity index (χ4n) is 2.55. The lowest BCUT2D eigenvalue weighted by Gasteiger charge is -2.23. The largest absolute Gasteiger partial charge is 0.481 e. The van der Waals surface area contributed by atoms with Gasteiger partial charge in [-0.1, -0.05) is 13.0 Å². The van der Waals surface area contributed by atoms with Crippen LogP contribution in [0.2, 0.25) is 0 Å². The van der Waals surface area contributed by atoms with Gasteiger partial charge in [-0.15, -0.1) is 0 Å². The summed E-state index contributed by atoms with van der Waals surface area (Å²) in [5.74, 6) is 0.679. The second-order valence-electron chi connectivity index (χ2n) is 5.41. The van der Waals surface area contributed by atoms with E-state index in [1.807, 2.05) is 25.1 Å². The van der Waals surface area contributed by atoms with E-state index >= 15 is 0 Å². The number of rotatable bonds is 5. The molecule has 20 heavy (non-hydrogen) atoms. The number of amides is 1. The first-order valence-corrected chi connectivity index (χ1v) is 7.44. The summed E-state index contributed by atoms with van der Waals surface area (Å²) in [6.07, 6.45) is 3.65. The van der Waals surface area contributed by atoms with Crippen LogP contribution in [0.1, 0.15) is 50.3 Å². The third kappa shape index (κ3) is 3.51. The highest BCUT2D eigenvalue weighted by Gasteiger charge is 2.19. The van der Waals surface area contributed by atoms with E-state index in [1.165, 1.54) is 11.1 Å². The van der Waals surface area contributed by atoms with Gasteiger partial charge in [0.15, 0.2) is 6.10 Å². The van der Waals surface area contributed by atoms with Gasteiger partial charge in [0.05, 0.1) is 0 Å². The Morgan fingerprint density at radius 2 is 2.35 bits per heavy atom. The molecule has 0 saturated heterocycles. The third-order valence-corrected chi connectivity index (χ3v) is 3.71. The smallest absolute Gasteiger partial charge is 0.260 e. The molecule has 0 bridgehead atoms. The van der Waals surface area contributed by atoms with Crippen LogP contribution in [0.5, 0.6) is 5.75 Å². The van der Waals surface area contributed by atoms with Crippen molar-refractivity contribution in [3.63, 3.8) is 0 Å². The number of aryl methyl sites for hydroxylation is 1. The van der Waals surface area contributed by atoms with Crippen molar-refractivity contribution < 1.29 is 9.53 Å². The number of benzene rings is 1. The van der Waals surface area contributed by atoms with Crippen LogP contribution in [0.4, 0.5) is 0 Å². The molecule has 1 aromatic carbocycles. The molecule has 0 heterocycles.